The average molecular weight is 255 g/mol. The number of nitriles is 1. The Morgan fingerprint density at radius 1 is 1.50 bits per heavy atom. The molecule has 1 aromatic carbocycles. The number of amides is 1. The molecule has 1 N–H and O–H groups in total. The molecule has 0 bridgehead atoms. The van der Waals surface area contributed by atoms with Crippen LogP contribution in [-0.2, 0) is 0 Å². The molecule has 0 aromatic heterocycles. The van der Waals surface area contributed by atoms with Crippen molar-refractivity contribution in [2.24, 2.45) is 0 Å². The van der Waals surface area contributed by atoms with Crippen LogP contribution in [-0.4, -0.2) is 12.6 Å². The molecule has 0 aliphatic rings. The number of nitrogens with zero attached hydrogens (tertiary/aromatic N) is 1. The number of ether oxygens (including phenoxy) is 1. The monoisotopic (exact) mass is 254 g/mol. The number of nitrogens with one attached hydrogen (secondary N) is 1. The molecule has 0 heterocycles. The van der Waals surface area contributed by atoms with Crippen molar-refractivity contribution in [3.05, 3.63) is 28.7 Å². The third-order valence-electron chi connectivity index (χ3n) is 1.34. The van der Waals surface area contributed by atoms with E-state index in [2.05, 4.69) is 21.2 Å². The Labute approximate surface area is 89.6 Å². The van der Waals surface area contributed by atoms with E-state index in [0.717, 1.165) is 4.47 Å². The third-order valence-corrected chi connectivity index (χ3v) is 1.86. The van der Waals surface area contributed by atoms with Gasteiger partial charge in [-0.05, 0) is 24.3 Å². The molecule has 0 aliphatic heterocycles. The first-order chi connectivity index (χ1) is 6.72. The largest absolute Gasteiger partial charge is 0.413 e. The molecule has 0 fully saturated rings. The zero-order valence-electron chi connectivity index (χ0n) is 7.16. The number of carbonyl (C=O) groups is 1. The van der Waals surface area contributed by atoms with Crippen molar-refractivity contribution in [2.45, 2.75) is 0 Å². The molecule has 1 amide bonds. The summed E-state index contributed by atoms with van der Waals surface area (Å²) in [7, 11) is 0. The summed E-state index contributed by atoms with van der Waals surface area (Å²) in [4.78, 5) is 11.0. The fourth-order valence-electron chi connectivity index (χ4n) is 0.757. The van der Waals surface area contributed by atoms with Gasteiger partial charge in [0, 0.05) is 4.47 Å². The van der Waals surface area contributed by atoms with Crippen molar-refractivity contribution in [3.63, 3.8) is 0 Å². The molecule has 1 aromatic rings. The van der Waals surface area contributed by atoms with Gasteiger partial charge in [-0.15, -0.1) is 0 Å². The Hall–Kier alpha value is -1.54. The molecule has 0 aliphatic carbocycles. The Morgan fingerprint density at radius 2 is 2.14 bits per heavy atom. The smallest absolute Gasteiger partial charge is 0.410 e. The van der Waals surface area contributed by atoms with Crippen LogP contribution in [0.1, 0.15) is 0 Å². The molecule has 14 heavy (non-hydrogen) atoms. The molecule has 72 valence electrons. The molecule has 0 saturated heterocycles. The van der Waals surface area contributed by atoms with Gasteiger partial charge in [0.2, 0.25) is 0 Å². The number of halogens is 1. The van der Waals surface area contributed by atoms with Crippen molar-refractivity contribution in [2.75, 3.05) is 6.54 Å². The second-order valence-corrected chi connectivity index (χ2v) is 3.27. The van der Waals surface area contributed by atoms with Crippen LogP contribution in [0.2, 0.25) is 0 Å². The van der Waals surface area contributed by atoms with Gasteiger partial charge in [-0.25, -0.2) is 4.79 Å². The van der Waals surface area contributed by atoms with Crippen LogP contribution in [0.25, 0.3) is 0 Å². The van der Waals surface area contributed by atoms with E-state index in [-0.39, 0.29) is 6.54 Å². The number of hydrogen-bond acceptors (Lipinski definition) is 3. The van der Waals surface area contributed by atoms with Crippen molar-refractivity contribution < 1.29 is 9.53 Å². The lowest BCUT2D eigenvalue weighted by Crippen LogP contribution is -2.26. The molecule has 0 spiro atoms. The van der Waals surface area contributed by atoms with E-state index in [4.69, 9.17) is 10.00 Å². The van der Waals surface area contributed by atoms with E-state index in [0.29, 0.717) is 5.75 Å². The highest BCUT2D eigenvalue weighted by Gasteiger charge is 2.01. The topological polar surface area (TPSA) is 62.1 Å². The van der Waals surface area contributed by atoms with Crippen molar-refractivity contribution >= 4 is 22.0 Å². The Kier molecular flexibility index (Phi) is 3.95. The molecule has 0 atom stereocenters. The summed E-state index contributed by atoms with van der Waals surface area (Å²) >= 11 is 3.25. The first-order valence-electron chi connectivity index (χ1n) is 3.80. The molecule has 0 unspecified atom stereocenters. The SMILES string of the molecule is N#CCNC(=O)Oc1ccc(Br)cc1. The van der Waals surface area contributed by atoms with E-state index >= 15 is 0 Å². The van der Waals surface area contributed by atoms with E-state index < -0.39 is 6.09 Å². The molecule has 5 heteroatoms. The summed E-state index contributed by atoms with van der Waals surface area (Å²) in [6, 6.07) is 8.59. The van der Waals surface area contributed by atoms with Gasteiger partial charge in [-0.1, -0.05) is 15.9 Å². The maximum Gasteiger partial charge on any atom is 0.413 e. The predicted octanol–water partition coefficient (Wildman–Crippen LogP) is 2.06. The fraction of sp³-hybridized carbons (Fsp3) is 0.111. The van der Waals surface area contributed by atoms with Crippen LogP contribution in [0.4, 0.5) is 4.79 Å². The fourth-order valence-corrected chi connectivity index (χ4v) is 1.02. The minimum atomic E-state index is -0.631. The van der Waals surface area contributed by atoms with Crippen LogP contribution >= 0.6 is 15.9 Å². The average Bonchev–Trinajstić information content (AvgIpc) is 2.18. The minimum absolute atomic E-state index is 0.0602. The molecule has 1 rings (SSSR count). The summed E-state index contributed by atoms with van der Waals surface area (Å²) in [5, 5.41) is 10.5. The zero-order chi connectivity index (χ0) is 10.4. The molecule has 0 radical (unpaired) electrons. The lowest BCUT2D eigenvalue weighted by atomic mass is 10.3. The number of hydrogen-bond donors (Lipinski definition) is 1. The van der Waals surface area contributed by atoms with Crippen LogP contribution in [0, 0.1) is 11.3 Å². The summed E-state index contributed by atoms with van der Waals surface area (Å²) in [5.74, 6) is 0.434. The lowest BCUT2D eigenvalue weighted by Gasteiger charge is -2.03. The summed E-state index contributed by atoms with van der Waals surface area (Å²) < 4.78 is 5.75. The highest BCUT2D eigenvalue weighted by atomic mass is 79.9. The Morgan fingerprint density at radius 3 is 2.71 bits per heavy atom. The maximum absolute atomic E-state index is 11.0. The minimum Gasteiger partial charge on any atom is -0.410 e. The summed E-state index contributed by atoms with van der Waals surface area (Å²) in [6.07, 6.45) is -0.631. The highest BCUT2D eigenvalue weighted by molar-refractivity contribution is 9.10. The van der Waals surface area contributed by atoms with Gasteiger partial charge in [0.1, 0.15) is 12.3 Å². The summed E-state index contributed by atoms with van der Waals surface area (Å²) in [5.41, 5.74) is 0. The molecular weight excluding hydrogens is 248 g/mol. The predicted molar refractivity (Wildman–Crippen MR) is 53.8 cm³/mol. The van der Waals surface area contributed by atoms with Gasteiger partial charge < -0.3 is 10.1 Å². The van der Waals surface area contributed by atoms with Crippen molar-refractivity contribution in [3.8, 4) is 11.8 Å². The van der Waals surface area contributed by atoms with Crippen molar-refractivity contribution in [1.82, 2.24) is 5.32 Å². The van der Waals surface area contributed by atoms with Crippen LogP contribution in [0.3, 0.4) is 0 Å². The van der Waals surface area contributed by atoms with Crippen molar-refractivity contribution in [1.29, 1.82) is 5.26 Å². The third kappa shape index (κ3) is 3.46. The Bertz CT molecular complexity index is 356. The van der Waals surface area contributed by atoms with E-state index in [1.54, 1.807) is 30.3 Å². The number of rotatable bonds is 2. The highest BCUT2D eigenvalue weighted by Crippen LogP contribution is 2.15. The molecule has 0 saturated carbocycles. The first kappa shape index (κ1) is 10.5. The molecular formula is C9H7BrN2O2. The number of benzene rings is 1. The quantitative estimate of drug-likeness (QED) is 0.822. The van der Waals surface area contributed by atoms with Gasteiger partial charge in [0.25, 0.3) is 0 Å². The normalized spacial score (nSPS) is 8.86. The van der Waals surface area contributed by atoms with Crippen LogP contribution in [0.5, 0.6) is 5.75 Å². The second kappa shape index (κ2) is 5.25. The maximum atomic E-state index is 11.0. The van der Waals surface area contributed by atoms with E-state index in [1.807, 2.05) is 0 Å². The summed E-state index contributed by atoms with van der Waals surface area (Å²) in [6.45, 7) is -0.0602. The number of carbonyl (C=O) groups excluding carboxylic acids is 1. The van der Waals surface area contributed by atoms with E-state index in [1.165, 1.54) is 0 Å². The Balaban J connectivity index is 2.49. The zero-order valence-corrected chi connectivity index (χ0v) is 8.74. The van der Waals surface area contributed by atoms with Crippen LogP contribution < -0.4 is 10.1 Å². The van der Waals surface area contributed by atoms with Crippen LogP contribution in [0.15, 0.2) is 28.7 Å². The van der Waals surface area contributed by atoms with Gasteiger partial charge in [-0.2, -0.15) is 5.26 Å². The van der Waals surface area contributed by atoms with Gasteiger partial charge >= 0.3 is 6.09 Å². The second-order valence-electron chi connectivity index (χ2n) is 2.36. The van der Waals surface area contributed by atoms with Gasteiger partial charge in [0.15, 0.2) is 0 Å². The first-order valence-corrected chi connectivity index (χ1v) is 4.60. The standard InChI is InChI=1S/C9H7BrN2O2/c10-7-1-3-8(4-2-7)14-9(13)12-6-5-11/h1-4H,6H2,(H,12,13). The van der Waals surface area contributed by atoms with Gasteiger partial charge in [0.05, 0.1) is 6.07 Å². The van der Waals surface area contributed by atoms with Gasteiger partial charge in [-0.3, -0.25) is 0 Å². The lowest BCUT2D eigenvalue weighted by molar-refractivity contribution is 0.202. The van der Waals surface area contributed by atoms with E-state index in [9.17, 15) is 4.79 Å². The molecule has 4 nitrogen and oxygen atoms in total.